The summed E-state index contributed by atoms with van der Waals surface area (Å²) in [5, 5.41) is 8.05. The molecule has 0 unspecified atom stereocenters. The van der Waals surface area contributed by atoms with Crippen molar-refractivity contribution in [2.45, 2.75) is 6.54 Å². The smallest absolute Gasteiger partial charge is 0.255 e. The number of hydrogen-bond acceptors (Lipinski definition) is 4. The number of carbonyl (C=O) groups is 1. The summed E-state index contributed by atoms with van der Waals surface area (Å²) in [6.45, 7) is 5.14. The van der Waals surface area contributed by atoms with E-state index in [0.29, 0.717) is 16.3 Å². The van der Waals surface area contributed by atoms with Crippen molar-refractivity contribution in [2.75, 3.05) is 31.5 Å². The van der Waals surface area contributed by atoms with Gasteiger partial charge in [0.2, 0.25) is 0 Å². The van der Waals surface area contributed by atoms with Gasteiger partial charge in [-0.1, -0.05) is 29.8 Å². The van der Waals surface area contributed by atoms with E-state index in [2.05, 4.69) is 27.7 Å². The van der Waals surface area contributed by atoms with E-state index >= 15 is 0 Å². The molecule has 7 heteroatoms. The quantitative estimate of drug-likeness (QED) is 0.376. The maximum atomic E-state index is 12.7. The van der Waals surface area contributed by atoms with E-state index in [1.165, 1.54) is 5.56 Å². The lowest BCUT2D eigenvalue weighted by Gasteiger charge is -2.27. The first kappa shape index (κ1) is 23.3. The van der Waals surface area contributed by atoms with E-state index in [4.69, 9.17) is 16.0 Å². The second-order valence-corrected chi connectivity index (χ2v) is 8.45. The number of fused-ring (bicyclic) bond motifs is 1. The number of piperazine rings is 1. The molecule has 1 fully saturated rings. The van der Waals surface area contributed by atoms with Crippen LogP contribution in [0.25, 0.3) is 22.3 Å². The number of carbonyl (C=O) groups excluding carboxylic acids is 1. The summed E-state index contributed by atoms with van der Waals surface area (Å²) in [6, 6.07) is 22.9. The number of furan rings is 1. The molecule has 170 valence electrons. The zero-order valence-corrected chi connectivity index (χ0v) is 19.6. The second kappa shape index (κ2) is 10.4. The third-order valence-electron chi connectivity index (χ3n) is 5.74. The molecule has 0 saturated carbocycles. The molecular weight excluding hydrogens is 457 g/mol. The van der Waals surface area contributed by atoms with E-state index in [1.54, 1.807) is 24.3 Å². The number of amides is 1. The Morgan fingerprint density at radius 1 is 1.00 bits per heavy atom. The van der Waals surface area contributed by atoms with Crippen LogP contribution in [-0.2, 0) is 6.54 Å². The van der Waals surface area contributed by atoms with Gasteiger partial charge in [-0.25, -0.2) is 0 Å². The van der Waals surface area contributed by atoms with Crippen molar-refractivity contribution in [2.24, 2.45) is 0 Å². The van der Waals surface area contributed by atoms with Gasteiger partial charge in [-0.3, -0.25) is 9.69 Å². The fraction of sp³-hybridized carbons (Fsp3) is 0.192. The van der Waals surface area contributed by atoms with Crippen molar-refractivity contribution >= 4 is 46.6 Å². The molecule has 1 aliphatic rings. The van der Waals surface area contributed by atoms with Crippen LogP contribution in [0.5, 0.6) is 0 Å². The molecule has 2 heterocycles. The molecule has 0 spiro atoms. The van der Waals surface area contributed by atoms with E-state index < -0.39 is 0 Å². The van der Waals surface area contributed by atoms with Gasteiger partial charge in [0, 0.05) is 54.3 Å². The molecule has 1 saturated heterocycles. The lowest BCUT2D eigenvalue weighted by molar-refractivity contribution is 0.102. The van der Waals surface area contributed by atoms with Crippen molar-refractivity contribution in [3.8, 4) is 11.3 Å². The molecule has 2 N–H and O–H groups in total. The summed E-state index contributed by atoms with van der Waals surface area (Å²) in [7, 11) is 0. The van der Waals surface area contributed by atoms with Gasteiger partial charge < -0.3 is 15.1 Å². The van der Waals surface area contributed by atoms with Crippen LogP contribution in [0.3, 0.4) is 0 Å². The molecule has 0 radical (unpaired) electrons. The van der Waals surface area contributed by atoms with Crippen LogP contribution in [0.1, 0.15) is 15.9 Å². The topological polar surface area (TPSA) is 57.5 Å². The van der Waals surface area contributed by atoms with Crippen LogP contribution in [-0.4, -0.2) is 37.0 Å². The average molecular weight is 482 g/mol. The van der Waals surface area contributed by atoms with Gasteiger partial charge in [0.15, 0.2) is 0 Å². The average Bonchev–Trinajstić information content (AvgIpc) is 3.24. The molecule has 0 bridgehead atoms. The SMILES string of the molecule is Cl.O=C(Nc1ccccc1-c1cc2cc(CN3CCNCC3)ccc2o1)c1ccc(Cl)cc1. The van der Waals surface area contributed by atoms with Crippen molar-refractivity contribution in [1.82, 2.24) is 10.2 Å². The molecule has 4 aromatic rings. The number of rotatable bonds is 5. The van der Waals surface area contributed by atoms with Crippen molar-refractivity contribution < 1.29 is 9.21 Å². The maximum Gasteiger partial charge on any atom is 0.255 e. The molecule has 0 atom stereocenters. The highest BCUT2D eigenvalue weighted by atomic mass is 35.5. The fourth-order valence-corrected chi connectivity index (χ4v) is 4.18. The van der Waals surface area contributed by atoms with Gasteiger partial charge in [-0.2, -0.15) is 0 Å². The number of para-hydroxylation sites is 1. The minimum Gasteiger partial charge on any atom is -0.456 e. The Kier molecular flexibility index (Phi) is 7.36. The van der Waals surface area contributed by atoms with Gasteiger partial charge in [-0.15, -0.1) is 12.4 Å². The maximum absolute atomic E-state index is 12.7. The Morgan fingerprint density at radius 3 is 2.55 bits per heavy atom. The molecule has 5 nitrogen and oxygen atoms in total. The van der Waals surface area contributed by atoms with E-state index in [1.807, 2.05) is 36.4 Å². The van der Waals surface area contributed by atoms with Crippen LogP contribution in [0.2, 0.25) is 5.02 Å². The lowest BCUT2D eigenvalue weighted by atomic mass is 10.1. The number of anilines is 1. The highest BCUT2D eigenvalue weighted by molar-refractivity contribution is 6.30. The highest BCUT2D eigenvalue weighted by Crippen LogP contribution is 2.33. The summed E-state index contributed by atoms with van der Waals surface area (Å²) in [6.07, 6.45) is 0. The van der Waals surface area contributed by atoms with Crippen LogP contribution in [0.4, 0.5) is 5.69 Å². The van der Waals surface area contributed by atoms with Crippen LogP contribution < -0.4 is 10.6 Å². The number of nitrogens with zero attached hydrogens (tertiary/aromatic N) is 1. The normalized spacial score (nSPS) is 14.1. The van der Waals surface area contributed by atoms with Gasteiger partial charge in [0.1, 0.15) is 11.3 Å². The van der Waals surface area contributed by atoms with E-state index in [-0.39, 0.29) is 18.3 Å². The van der Waals surface area contributed by atoms with Crippen LogP contribution >= 0.6 is 24.0 Å². The second-order valence-electron chi connectivity index (χ2n) is 8.02. The van der Waals surface area contributed by atoms with Crippen molar-refractivity contribution in [3.05, 3.63) is 88.9 Å². The summed E-state index contributed by atoms with van der Waals surface area (Å²) < 4.78 is 6.15. The first-order chi connectivity index (χ1) is 15.7. The largest absolute Gasteiger partial charge is 0.456 e. The van der Waals surface area contributed by atoms with Crippen LogP contribution in [0, 0.1) is 0 Å². The summed E-state index contributed by atoms with van der Waals surface area (Å²) >= 11 is 5.94. The lowest BCUT2D eigenvalue weighted by Crippen LogP contribution is -2.42. The summed E-state index contributed by atoms with van der Waals surface area (Å²) in [4.78, 5) is 15.2. The van der Waals surface area contributed by atoms with Crippen molar-refractivity contribution in [1.29, 1.82) is 0 Å². The third-order valence-corrected chi connectivity index (χ3v) is 6.00. The van der Waals surface area contributed by atoms with Gasteiger partial charge in [-0.05, 0) is 60.2 Å². The monoisotopic (exact) mass is 481 g/mol. The molecule has 5 rings (SSSR count). The zero-order valence-electron chi connectivity index (χ0n) is 18.0. The summed E-state index contributed by atoms with van der Waals surface area (Å²) in [5.41, 5.74) is 4.20. The standard InChI is InChI=1S/C26H24ClN3O2.ClH/c27-21-8-6-19(7-9-21)26(31)29-23-4-2-1-3-22(23)25-16-20-15-18(5-10-24(20)32-25)17-30-13-11-28-12-14-30;/h1-10,15-16,28H,11-14,17H2,(H,29,31);1H. The predicted octanol–water partition coefficient (Wildman–Crippen LogP) is 5.83. The fourth-order valence-electron chi connectivity index (χ4n) is 4.05. The Labute approximate surface area is 204 Å². The van der Waals surface area contributed by atoms with Crippen molar-refractivity contribution in [3.63, 3.8) is 0 Å². The Hall–Kier alpha value is -2.83. The first-order valence-corrected chi connectivity index (χ1v) is 11.2. The molecule has 1 aromatic heterocycles. The zero-order chi connectivity index (χ0) is 21.9. The Bertz CT molecular complexity index is 1250. The van der Waals surface area contributed by atoms with E-state index in [0.717, 1.165) is 55.0 Å². The highest BCUT2D eigenvalue weighted by Gasteiger charge is 2.15. The minimum atomic E-state index is -0.191. The number of benzene rings is 3. The molecule has 3 aromatic carbocycles. The molecule has 1 aliphatic heterocycles. The molecular formula is C26H25Cl2N3O2. The third kappa shape index (κ3) is 5.40. The Balaban J connectivity index is 0.00000259. The number of hydrogen-bond donors (Lipinski definition) is 2. The molecule has 0 aliphatic carbocycles. The molecule has 1 amide bonds. The Morgan fingerprint density at radius 2 is 1.76 bits per heavy atom. The van der Waals surface area contributed by atoms with Gasteiger partial charge in [0.25, 0.3) is 5.91 Å². The molecule has 33 heavy (non-hydrogen) atoms. The van der Waals surface area contributed by atoms with Gasteiger partial charge in [0.05, 0.1) is 5.69 Å². The predicted molar refractivity (Wildman–Crippen MR) is 136 cm³/mol. The first-order valence-electron chi connectivity index (χ1n) is 10.8. The van der Waals surface area contributed by atoms with Gasteiger partial charge >= 0.3 is 0 Å². The number of halogens is 2. The van der Waals surface area contributed by atoms with E-state index in [9.17, 15) is 4.79 Å². The minimum absolute atomic E-state index is 0. The number of nitrogens with one attached hydrogen (secondary N) is 2. The van der Waals surface area contributed by atoms with Crippen LogP contribution in [0.15, 0.2) is 77.2 Å². The summed E-state index contributed by atoms with van der Waals surface area (Å²) in [5.74, 6) is 0.537.